The third kappa shape index (κ3) is 3.71. The summed E-state index contributed by atoms with van der Waals surface area (Å²) >= 11 is 5.14. The first kappa shape index (κ1) is 16.2. The summed E-state index contributed by atoms with van der Waals surface area (Å²) in [6, 6.07) is 5.72. The van der Waals surface area contributed by atoms with Gasteiger partial charge in [0.05, 0.1) is 0 Å². The third-order valence-electron chi connectivity index (χ3n) is 2.82. The highest BCUT2D eigenvalue weighted by atomic mass is 32.1. The molecular formula is C14H12N2O4S2. The van der Waals surface area contributed by atoms with Crippen LogP contribution in [0.2, 0.25) is 0 Å². The summed E-state index contributed by atoms with van der Waals surface area (Å²) in [4.78, 5) is 37.6. The average Bonchev–Trinajstić information content (AvgIpc) is 3.02. The van der Waals surface area contributed by atoms with E-state index in [-0.39, 0.29) is 11.4 Å². The van der Waals surface area contributed by atoms with Crippen molar-refractivity contribution in [3.63, 3.8) is 0 Å². The number of thiazole rings is 1. The summed E-state index contributed by atoms with van der Waals surface area (Å²) in [6.45, 7) is 0. The number of carbonyl (C=O) groups excluding carboxylic acids is 2. The summed E-state index contributed by atoms with van der Waals surface area (Å²) < 4.78 is 0. The Morgan fingerprint density at radius 1 is 1.36 bits per heavy atom. The number of amides is 1. The molecule has 0 aliphatic rings. The molecule has 0 spiro atoms. The predicted octanol–water partition coefficient (Wildman–Crippen LogP) is 1.74. The molecule has 0 saturated carbocycles. The van der Waals surface area contributed by atoms with E-state index in [1.165, 1.54) is 11.3 Å². The maximum Gasteiger partial charge on any atom is 0.327 e. The molecule has 0 radical (unpaired) electrons. The zero-order valence-electron chi connectivity index (χ0n) is 11.2. The average molecular weight is 336 g/mol. The number of aliphatic carboxylic acids is 1. The Morgan fingerprint density at radius 3 is 2.59 bits per heavy atom. The Morgan fingerprint density at radius 2 is 2.05 bits per heavy atom. The molecule has 1 aromatic heterocycles. The van der Waals surface area contributed by atoms with Crippen molar-refractivity contribution >= 4 is 42.1 Å². The number of rotatable bonds is 6. The number of nitrogens with one attached hydrogen (secondary N) is 1. The van der Waals surface area contributed by atoms with E-state index in [2.05, 4.69) is 22.9 Å². The molecule has 0 fully saturated rings. The topological polar surface area (TPSA) is 96.4 Å². The van der Waals surface area contributed by atoms with Crippen LogP contribution < -0.4 is 5.32 Å². The van der Waals surface area contributed by atoms with Gasteiger partial charge in [0.25, 0.3) is 5.91 Å². The maximum atomic E-state index is 12.0. The van der Waals surface area contributed by atoms with Crippen LogP contribution in [0.1, 0.15) is 20.8 Å². The second-order valence-corrected chi connectivity index (χ2v) is 5.55. The number of nitrogens with zero attached hydrogens (tertiary/aromatic N) is 1. The van der Waals surface area contributed by atoms with Crippen molar-refractivity contribution in [2.45, 2.75) is 6.04 Å². The van der Waals surface area contributed by atoms with E-state index in [0.717, 1.165) is 11.8 Å². The number of benzene rings is 1. The standard InChI is InChI=1S/C14H12N2O4S2/c17-5-8-1-3-9(4-2-8)13-16-11(7-22-13)12(18)15-10(6-21)14(19)20/h1-5,7,10,21H,6H2,(H,15,18)(H,19,20). The normalized spacial score (nSPS) is 11.7. The van der Waals surface area contributed by atoms with Gasteiger partial charge in [-0.05, 0) is 0 Å². The van der Waals surface area contributed by atoms with Gasteiger partial charge in [-0.15, -0.1) is 11.3 Å². The molecule has 1 aromatic carbocycles. The van der Waals surface area contributed by atoms with Crippen LogP contribution >= 0.6 is 24.0 Å². The number of carboxylic acids is 1. The minimum Gasteiger partial charge on any atom is -0.480 e. The number of hydrogen-bond donors (Lipinski definition) is 3. The van der Waals surface area contributed by atoms with E-state index in [1.807, 2.05) is 0 Å². The monoisotopic (exact) mass is 336 g/mol. The summed E-state index contributed by atoms with van der Waals surface area (Å²) in [7, 11) is 0. The van der Waals surface area contributed by atoms with Crippen molar-refractivity contribution in [1.29, 1.82) is 0 Å². The molecule has 1 unspecified atom stereocenters. The fourth-order valence-corrected chi connectivity index (χ4v) is 2.69. The van der Waals surface area contributed by atoms with Crippen molar-refractivity contribution in [2.24, 2.45) is 0 Å². The molecule has 6 nitrogen and oxygen atoms in total. The first-order valence-corrected chi connectivity index (χ1v) is 7.72. The lowest BCUT2D eigenvalue weighted by molar-refractivity contribution is -0.138. The van der Waals surface area contributed by atoms with Crippen LogP contribution in [0.25, 0.3) is 10.6 Å². The molecule has 2 rings (SSSR count). The zero-order chi connectivity index (χ0) is 16.1. The summed E-state index contributed by atoms with van der Waals surface area (Å²) in [5.74, 6) is -1.72. The van der Waals surface area contributed by atoms with E-state index < -0.39 is 17.9 Å². The number of aldehydes is 1. The Kier molecular flexibility index (Phi) is 5.29. The van der Waals surface area contributed by atoms with Crippen molar-refractivity contribution in [2.75, 3.05) is 5.75 Å². The molecule has 1 heterocycles. The molecule has 2 aromatic rings. The molecule has 1 amide bonds. The second kappa shape index (κ2) is 7.19. The Bertz CT molecular complexity index is 697. The van der Waals surface area contributed by atoms with Gasteiger partial charge in [0.1, 0.15) is 23.0 Å². The van der Waals surface area contributed by atoms with E-state index in [1.54, 1.807) is 29.6 Å². The van der Waals surface area contributed by atoms with Gasteiger partial charge in [-0.25, -0.2) is 9.78 Å². The quantitative estimate of drug-likeness (QED) is 0.551. The first-order valence-electron chi connectivity index (χ1n) is 6.21. The van der Waals surface area contributed by atoms with Crippen molar-refractivity contribution in [3.05, 3.63) is 40.9 Å². The van der Waals surface area contributed by atoms with E-state index in [9.17, 15) is 14.4 Å². The molecule has 22 heavy (non-hydrogen) atoms. The van der Waals surface area contributed by atoms with Crippen molar-refractivity contribution in [1.82, 2.24) is 10.3 Å². The summed E-state index contributed by atoms with van der Waals surface area (Å²) in [5.41, 5.74) is 1.47. The smallest absolute Gasteiger partial charge is 0.327 e. The van der Waals surface area contributed by atoms with Gasteiger partial charge in [0.15, 0.2) is 0 Å². The first-order chi connectivity index (χ1) is 10.5. The maximum absolute atomic E-state index is 12.0. The fourth-order valence-electron chi connectivity index (χ4n) is 1.63. The second-order valence-electron chi connectivity index (χ2n) is 4.32. The van der Waals surface area contributed by atoms with Crippen LogP contribution in [0.15, 0.2) is 29.6 Å². The molecule has 0 saturated heterocycles. The molecular weight excluding hydrogens is 324 g/mol. The number of aromatic nitrogens is 1. The summed E-state index contributed by atoms with van der Waals surface area (Å²) in [6.07, 6.45) is 0.744. The number of thiol groups is 1. The highest BCUT2D eigenvalue weighted by molar-refractivity contribution is 7.80. The molecule has 0 aliphatic carbocycles. The van der Waals surface area contributed by atoms with Crippen molar-refractivity contribution in [3.8, 4) is 10.6 Å². The van der Waals surface area contributed by atoms with Gasteiger partial charge in [0.2, 0.25) is 0 Å². The van der Waals surface area contributed by atoms with Gasteiger partial charge in [-0.2, -0.15) is 12.6 Å². The van der Waals surface area contributed by atoms with E-state index in [4.69, 9.17) is 5.11 Å². The molecule has 8 heteroatoms. The number of hydrogen-bond acceptors (Lipinski definition) is 6. The van der Waals surface area contributed by atoms with Crippen LogP contribution in [0.5, 0.6) is 0 Å². The van der Waals surface area contributed by atoms with E-state index in [0.29, 0.717) is 10.6 Å². The van der Waals surface area contributed by atoms with Crippen LogP contribution in [0.4, 0.5) is 0 Å². The zero-order valence-corrected chi connectivity index (χ0v) is 12.9. The largest absolute Gasteiger partial charge is 0.480 e. The molecule has 2 N–H and O–H groups in total. The predicted molar refractivity (Wildman–Crippen MR) is 85.7 cm³/mol. The number of carbonyl (C=O) groups is 3. The molecule has 114 valence electrons. The number of carboxylic acid groups (broad SMARTS) is 1. The van der Waals surface area contributed by atoms with Crippen molar-refractivity contribution < 1.29 is 19.5 Å². The van der Waals surface area contributed by atoms with Crippen LogP contribution in [-0.2, 0) is 4.79 Å². The van der Waals surface area contributed by atoms with Gasteiger partial charge >= 0.3 is 5.97 Å². The van der Waals surface area contributed by atoms with Gasteiger partial charge in [-0.3, -0.25) is 9.59 Å². The minimum absolute atomic E-state index is 0.00871. The van der Waals surface area contributed by atoms with Crippen LogP contribution in [0.3, 0.4) is 0 Å². The SMILES string of the molecule is O=Cc1ccc(-c2nc(C(=O)NC(CS)C(=O)O)cs2)cc1. The summed E-state index contributed by atoms with van der Waals surface area (Å²) in [5, 5.41) is 13.4. The van der Waals surface area contributed by atoms with Gasteiger partial charge in [0, 0.05) is 22.3 Å². The Labute approximate surface area is 135 Å². The molecule has 1 atom stereocenters. The van der Waals surface area contributed by atoms with Gasteiger partial charge < -0.3 is 10.4 Å². The van der Waals surface area contributed by atoms with Gasteiger partial charge in [-0.1, -0.05) is 24.3 Å². The van der Waals surface area contributed by atoms with Crippen LogP contribution in [-0.4, -0.2) is 40.0 Å². The lowest BCUT2D eigenvalue weighted by atomic mass is 10.1. The lowest BCUT2D eigenvalue weighted by Gasteiger charge is -2.10. The molecule has 0 aliphatic heterocycles. The minimum atomic E-state index is -1.15. The van der Waals surface area contributed by atoms with Crippen LogP contribution in [0, 0.1) is 0 Å². The van der Waals surface area contributed by atoms with E-state index >= 15 is 0 Å². The Hall–Kier alpha value is -2.19. The Balaban J connectivity index is 2.14. The molecule has 0 bridgehead atoms. The highest BCUT2D eigenvalue weighted by Crippen LogP contribution is 2.23. The highest BCUT2D eigenvalue weighted by Gasteiger charge is 2.20. The third-order valence-corrected chi connectivity index (χ3v) is 4.07. The fraction of sp³-hybridized carbons (Fsp3) is 0.143. The lowest BCUT2D eigenvalue weighted by Crippen LogP contribution is -2.42.